The van der Waals surface area contributed by atoms with Gasteiger partial charge in [-0.1, -0.05) is 30.3 Å². The van der Waals surface area contributed by atoms with Gasteiger partial charge in [0.25, 0.3) is 0 Å². The van der Waals surface area contributed by atoms with Crippen LogP contribution in [0.5, 0.6) is 0 Å². The van der Waals surface area contributed by atoms with Crippen LogP contribution in [0.25, 0.3) is 0 Å². The van der Waals surface area contributed by atoms with Gasteiger partial charge in [-0.3, -0.25) is 4.99 Å². The smallest absolute Gasteiger partial charge is 0.206 e. The van der Waals surface area contributed by atoms with Crippen molar-refractivity contribution in [3.8, 4) is 0 Å². The maximum atomic E-state index is 4.69. The minimum absolute atomic E-state index is 0.675. The largest absolute Gasteiger partial charge is 0.253 e. The fourth-order valence-electron chi connectivity index (χ4n) is 2.01. The minimum atomic E-state index is 0.675. The number of hydrogen-bond acceptors (Lipinski definition) is 4. The van der Waals surface area contributed by atoms with Crippen molar-refractivity contribution in [1.82, 2.24) is 4.68 Å². The van der Waals surface area contributed by atoms with Gasteiger partial charge in [-0.15, -0.1) is 22.7 Å². The SMILES string of the molecule is Cc1ccc(C=Nn2c(C)csc2=NCc2ccccc2)s1. The van der Waals surface area contributed by atoms with Gasteiger partial charge in [-0.25, -0.2) is 4.68 Å². The number of aromatic nitrogens is 1. The third-order valence-electron chi connectivity index (χ3n) is 3.15. The van der Waals surface area contributed by atoms with Crippen LogP contribution >= 0.6 is 22.7 Å². The summed E-state index contributed by atoms with van der Waals surface area (Å²) in [6.07, 6.45) is 1.90. The fourth-order valence-corrected chi connectivity index (χ4v) is 3.56. The summed E-state index contributed by atoms with van der Waals surface area (Å²) in [5.74, 6) is 0. The summed E-state index contributed by atoms with van der Waals surface area (Å²) in [7, 11) is 0. The highest BCUT2D eigenvalue weighted by molar-refractivity contribution is 7.13. The highest BCUT2D eigenvalue weighted by Crippen LogP contribution is 2.12. The quantitative estimate of drug-likeness (QED) is 0.643. The maximum absolute atomic E-state index is 4.69. The Morgan fingerprint density at radius 3 is 2.64 bits per heavy atom. The fraction of sp³-hybridized carbons (Fsp3) is 0.176. The lowest BCUT2D eigenvalue weighted by atomic mass is 10.2. The average molecular weight is 327 g/mol. The van der Waals surface area contributed by atoms with E-state index in [4.69, 9.17) is 0 Å². The van der Waals surface area contributed by atoms with E-state index in [-0.39, 0.29) is 0 Å². The summed E-state index contributed by atoms with van der Waals surface area (Å²) in [6, 6.07) is 14.5. The molecule has 0 radical (unpaired) electrons. The number of aryl methyl sites for hydroxylation is 2. The van der Waals surface area contributed by atoms with Gasteiger partial charge >= 0.3 is 0 Å². The molecule has 2 heterocycles. The van der Waals surface area contributed by atoms with Gasteiger partial charge in [-0.2, -0.15) is 5.10 Å². The van der Waals surface area contributed by atoms with Crippen molar-refractivity contribution in [2.45, 2.75) is 20.4 Å². The molecule has 0 fully saturated rings. The second-order valence-electron chi connectivity index (χ2n) is 4.97. The molecule has 0 aliphatic heterocycles. The van der Waals surface area contributed by atoms with Crippen LogP contribution in [-0.4, -0.2) is 10.9 Å². The van der Waals surface area contributed by atoms with E-state index in [9.17, 15) is 0 Å². The van der Waals surface area contributed by atoms with Crippen LogP contribution in [0.2, 0.25) is 0 Å². The molecule has 0 aliphatic carbocycles. The van der Waals surface area contributed by atoms with Gasteiger partial charge in [0.05, 0.1) is 18.5 Å². The second-order valence-corrected chi connectivity index (χ2v) is 7.12. The Morgan fingerprint density at radius 1 is 1.09 bits per heavy atom. The lowest BCUT2D eigenvalue weighted by molar-refractivity contribution is 0.788. The van der Waals surface area contributed by atoms with Crippen LogP contribution in [0.4, 0.5) is 0 Å². The van der Waals surface area contributed by atoms with Gasteiger partial charge in [-0.05, 0) is 31.5 Å². The number of hydrogen-bond donors (Lipinski definition) is 0. The Hall–Kier alpha value is -1.98. The molecule has 22 heavy (non-hydrogen) atoms. The first-order valence-electron chi connectivity index (χ1n) is 7.05. The zero-order chi connectivity index (χ0) is 15.4. The normalized spacial score (nSPS) is 12.4. The number of benzene rings is 1. The van der Waals surface area contributed by atoms with E-state index >= 15 is 0 Å². The van der Waals surface area contributed by atoms with Crippen molar-refractivity contribution < 1.29 is 0 Å². The van der Waals surface area contributed by atoms with Gasteiger partial charge in [0.1, 0.15) is 0 Å². The molecule has 0 unspecified atom stereocenters. The van der Waals surface area contributed by atoms with E-state index < -0.39 is 0 Å². The van der Waals surface area contributed by atoms with E-state index in [1.807, 2.05) is 29.1 Å². The van der Waals surface area contributed by atoms with Gasteiger partial charge in [0.2, 0.25) is 4.80 Å². The molecule has 0 atom stereocenters. The van der Waals surface area contributed by atoms with Crippen LogP contribution in [0.1, 0.15) is 21.0 Å². The lowest BCUT2D eigenvalue weighted by Gasteiger charge is -1.98. The molecule has 112 valence electrons. The van der Waals surface area contributed by atoms with Gasteiger partial charge < -0.3 is 0 Å². The molecule has 0 saturated carbocycles. The summed E-state index contributed by atoms with van der Waals surface area (Å²) in [6.45, 7) is 4.83. The van der Waals surface area contributed by atoms with Gasteiger partial charge in [0, 0.05) is 15.1 Å². The van der Waals surface area contributed by atoms with E-state index in [2.05, 4.69) is 53.6 Å². The molecular formula is C17H17N3S2. The zero-order valence-corrected chi connectivity index (χ0v) is 14.2. The second kappa shape index (κ2) is 6.85. The maximum Gasteiger partial charge on any atom is 0.206 e. The monoisotopic (exact) mass is 327 g/mol. The highest BCUT2D eigenvalue weighted by atomic mass is 32.1. The minimum Gasteiger partial charge on any atom is -0.253 e. The van der Waals surface area contributed by atoms with Crippen LogP contribution in [0, 0.1) is 13.8 Å². The molecule has 5 heteroatoms. The van der Waals surface area contributed by atoms with E-state index in [1.54, 1.807) is 22.7 Å². The Bertz CT molecular complexity index is 838. The van der Waals surface area contributed by atoms with Crippen molar-refractivity contribution in [3.05, 3.63) is 73.7 Å². The zero-order valence-electron chi connectivity index (χ0n) is 12.6. The first kappa shape index (κ1) is 14.9. The van der Waals surface area contributed by atoms with Crippen molar-refractivity contribution in [2.75, 3.05) is 0 Å². The molecule has 3 aromatic rings. The molecule has 0 bridgehead atoms. The summed E-state index contributed by atoms with van der Waals surface area (Å²) >= 11 is 3.36. The molecule has 0 aliphatic rings. The summed E-state index contributed by atoms with van der Waals surface area (Å²) < 4.78 is 1.91. The molecular weight excluding hydrogens is 310 g/mol. The van der Waals surface area contributed by atoms with E-state index in [0.29, 0.717) is 6.54 Å². The Morgan fingerprint density at radius 2 is 1.91 bits per heavy atom. The predicted octanol–water partition coefficient (Wildman–Crippen LogP) is 4.21. The summed E-state index contributed by atoms with van der Waals surface area (Å²) in [4.78, 5) is 8.06. The van der Waals surface area contributed by atoms with Crippen LogP contribution < -0.4 is 4.80 Å². The molecule has 0 N–H and O–H groups in total. The molecule has 3 nitrogen and oxygen atoms in total. The van der Waals surface area contributed by atoms with E-state index in [1.165, 1.54) is 10.4 Å². The number of nitrogens with zero attached hydrogens (tertiary/aromatic N) is 3. The third kappa shape index (κ3) is 3.61. The molecule has 0 saturated heterocycles. The molecule has 0 amide bonds. The standard InChI is InChI=1S/C17H17N3S2/c1-13-12-21-17(18-10-15-6-4-3-5-7-15)20(13)19-11-16-9-8-14(2)22-16/h3-9,11-12H,10H2,1-2H3. The van der Waals surface area contributed by atoms with Crippen molar-refractivity contribution in [1.29, 1.82) is 0 Å². The van der Waals surface area contributed by atoms with Gasteiger partial charge in [0.15, 0.2) is 0 Å². The van der Waals surface area contributed by atoms with E-state index in [0.717, 1.165) is 15.4 Å². The van der Waals surface area contributed by atoms with Crippen LogP contribution in [0.15, 0.2) is 57.9 Å². The molecule has 2 aromatic heterocycles. The predicted molar refractivity (Wildman–Crippen MR) is 94.8 cm³/mol. The first-order chi connectivity index (χ1) is 10.7. The summed E-state index contributed by atoms with van der Waals surface area (Å²) in [5.41, 5.74) is 2.30. The summed E-state index contributed by atoms with van der Waals surface area (Å²) in [5, 5.41) is 6.66. The Balaban J connectivity index is 1.86. The average Bonchev–Trinajstić information content (AvgIpc) is 3.10. The highest BCUT2D eigenvalue weighted by Gasteiger charge is 2.00. The molecule has 3 rings (SSSR count). The lowest BCUT2D eigenvalue weighted by Crippen LogP contribution is -2.12. The van der Waals surface area contributed by atoms with Crippen LogP contribution in [-0.2, 0) is 6.54 Å². The molecule has 1 aromatic carbocycles. The topological polar surface area (TPSA) is 29.6 Å². The Kier molecular flexibility index (Phi) is 4.65. The number of thiophene rings is 1. The number of thiazole rings is 1. The number of rotatable bonds is 4. The Labute approximate surface area is 137 Å². The first-order valence-corrected chi connectivity index (χ1v) is 8.74. The van der Waals surface area contributed by atoms with Crippen molar-refractivity contribution in [2.24, 2.45) is 10.1 Å². The van der Waals surface area contributed by atoms with Crippen molar-refractivity contribution in [3.63, 3.8) is 0 Å². The third-order valence-corrected chi connectivity index (χ3v) is 5.06. The molecule has 0 spiro atoms. The van der Waals surface area contributed by atoms with Crippen LogP contribution in [0.3, 0.4) is 0 Å². The van der Waals surface area contributed by atoms with Crippen molar-refractivity contribution >= 4 is 28.9 Å².